The van der Waals surface area contributed by atoms with Crippen LogP contribution < -0.4 is 4.90 Å². The maximum absolute atomic E-state index is 12.8. The molecule has 0 spiro atoms. The van der Waals surface area contributed by atoms with Crippen LogP contribution in [0, 0.1) is 6.92 Å². The first-order chi connectivity index (χ1) is 13.4. The van der Waals surface area contributed by atoms with Crippen molar-refractivity contribution in [2.75, 3.05) is 18.0 Å². The van der Waals surface area contributed by atoms with Crippen molar-refractivity contribution in [1.82, 2.24) is 4.90 Å². The summed E-state index contributed by atoms with van der Waals surface area (Å²) in [5.74, 6) is -0.754. The van der Waals surface area contributed by atoms with Crippen LogP contribution in [0.3, 0.4) is 0 Å². The maximum atomic E-state index is 12.8. The first-order valence-electron chi connectivity index (χ1n) is 9.18. The quantitative estimate of drug-likeness (QED) is 0.399. The number of thiocarbonyl (C=S) groups is 1. The van der Waals surface area contributed by atoms with Crippen molar-refractivity contribution >= 4 is 51.9 Å². The normalized spacial score (nSPS) is 15.4. The fourth-order valence-corrected chi connectivity index (χ4v) is 4.24. The van der Waals surface area contributed by atoms with E-state index in [1.54, 1.807) is 18.2 Å². The van der Waals surface area contributed by atoms with Crippen molar-refractivity contribution in [1.29, 1.82) is 0 Å². The van der Waals surface area contributed by atoms with Gasteiger partial charge in [-0.15, -0.1) is 0 Å². The van der Waals surface area contributed by atoms with Crippen LogP contribution in [-0.4, -0.2) is 34.1 Å². The molecule has 4 nitrogen and oxygen atoms in total. The Kier molecular flexibility index (Phi) is 6.31. The number of nitrogens with zero attached hydrogens (tertiary/aromatic N) is 2. The van der Waals surface area contributed by atoms with Gasteiger partial charge < -0.3 is 4.90 Å². The summed E-state index contributed by atoms with van der Waals surface area (Å²) in [4.78, 5) is 29.3. The zero-order chi connectivity index (χ0) is 20.3. The fraction of sp³-hybridized carbons (Fsp3) is 0.227. The molecule has 0 atom stereocenters. The Morgan fingerprint density at radius 3 is 2.25 bits per heavy atom. The summed E-state index contributed by atoms with van der Waals surface area (Å²) in [7, 11) is 0. The molecule has 3 rings (SSSR count). The number of benzene rings is 2. The third-order valence-electron chi connectivity index (χ3n) is 4.61. The highest BCUT2D eigenvalue weighted by Gasteiger charge is 2.37. The Balaban J connectivity index is 1.81. The summed E-state index contributed by atoms with van der Waals surface area (Å²) in [6, 6.07) is 15.1. The highest BCUT2D eigenvalue weighted by molar-refractivity contribution is 8.26. The van der Waals surface area contributed by atoms with Crippen molar-refractivity contribution in [3.63, 3.8) is 0 Å². The number of anilines is 1. The monoisotopic (exact) mass is 410 g/mol. The van der Waals surface area contributed by atoms with E-state index in [-0.39, 0.29) is 16.1 Å². The standard InChI is InChI=1S/C22H22N2O2S2/c1-4-23(5-2)18-12-8-16(9-13-18)14-19-21(26)24(22(27)28-19)20(25)17-10-6-15(3)7-11-17/h6-14H,4-5H2,1-3H3. The Hall–Kier alpha value is -2.44. The molecule has 1 saturated heterocycles. The van der Waals surface area contributed by atoms with Gasteiger partial charge in [0.05, 0.1) is 4.91 Å². The van der Waals surface area contributed by atoms with Crippen LogP contribution in [0.15, 0.2) is 53.4 Å². The summed E-state index contributed by atoms with van der Waals surface area (Å²) in [6.07, 6.45) is 1.79. The zero-order valence-electron chi connectivity index (χ0n) is 16.1. The van der Waals surface area contributed by atoms with E-state index < -0.39 is 0 Å². The van der Waals surface area contributed by atoms with Crippen LogP contribution in [0.25, 0.3) is 6.08 Å². The van der Waals surface area contributed by atoms with Gasteiger partial charge in [0.1, 0.15) is 0 Å². The van der Waals surface area contributed by atoms with Gasteiger partial charge in [0.2, 0.25) is 0 Å². The Morgan fingerprint density at radius 1 is 1.07 bits per heavy atom. The van der Waals surface area contributed by atoms with Crippen molar-refractivity contribution in [2.45, 2.75) is 20.8 Å². The fourth-order valence-electron chi connectivity index (χ4n) is 2.99. The summed E-state index contributed by atoms with van der Waals surface area (Å²) in [5.41, 5.74) is 3.55. The lowest BCUT2D eigenvalue weighted by Gasteiger charge is -2.20. The molecule has 0 aliphatic carbocycles. The summed E-state index contributed by atoms with van der Waals surface area (Å²) < 4.78 is 0.265. The average molecular weight is 411 g/mol. The predicted molar refractivity (Wildman–Crippen MR) is 121 cm³/mol. The van der Waals surface area contributed by atoms with Gasteiger partial charge in [-0.05, 0) is 56.7 Å². The molecule has 2 amide bonds. The molecule has 1 heterocycles. The molecule has 0 aromatic heterocycles. The minimum atomic E-state index is -0.386. The number of aryl methyl sites for hydroxylation is 1. The summed E-state index contributed by atoms with van der Waals surface area (Å²) in [6.45, 7) is 8.06. The van der Waals surface area contributed by atoms with E-state index in [0.717, 1.165) is 46.6 Å². The number of thioether (sulfide) groups is 1. The van der Waals surface area contributed by atoms with Crippen LogP contribution >= 0.6 is 24.0 Å². The molecule has 6 heteroatoms. The SMILES string of the molecule is CCN(CC)c1ccc(C=C2SC(=S)N(C(=O)c3ccc(C)cc3)C2=O)cc1. The second kappa shape index (κ2) is 8.71. The lowest BCUT2D eigenvalue weighted by molar-refractivity contribution is -0.120. The summed E-state index contributed by atoms with van der Waals surface area (Å²) in [5, 5.41) is 0. The first-order valence-corrected chi connectivity index (χ1v) is 10.4. The van der Waals surface area contributed by atoms with Gasteiger partial charge in [-0.25, -0.2) is 4.90 Å². The third-order valence-corrected chi connectivity index (χ3v) is 5.92. The topological polar surface area (TPSA) is 40.6 Å². The number of carbonyl (C=O) groups is 2. The van der Waals surface area contributed by atoms with Gasteiger partial charge >= 0.3 is 0 Å². The minimum Gasteiger partial charge on any atom is -0.372 e. The van der Waals surface area contributed by atoms with E-state index in [1.807, 2.05) is 43.3 Å². The van der Waals surface area contributed by atoms with Crippen LogP contribution in [0.2, 0.25) is 0 Å². The highest BCUT2D eigenvalue weighted by atomic mass is 32.2. The summed E-state index contributed by atoms with van der Waals surface area (Å²) >= 11 is 6.46. The van der Waals surface area contributed by atoms with Crippen LogP contribution in [0.4, 0.5) is 5.69 Å². The lowest BCUT2D eigenvalue weighted by atomic mass is 10.1. The molecule has 2 aromatic carbocycles. The molecular formula is C22H22N2O2S2. The molecule has 28 heavy (non-hydrogen) atoms. The van der Waals surface area contributed by atoms with Gasteiger partial charge in [0.25, 0.3) is 11.8 Å². The molecule has 1 fully saturated rings. The molecule has 0 radical (unpaired) electrons. The van der Waals surface area contributed by atoms with E-state index in [9.17, 15) is 9.59 Å². The molecule has 2 aromatic rings. The Bertz CT molecular complexity index is 930. The van der Waals surface area contributed by atoms with E-state index in [2.05, 4.69) is 18.7 Å². The van der Waals surface area contributed by atoms with Gasteiger partial charge in [0.15, 0.2) is 4.32 Å². The van der Waals surface area contributed by atoms with E-state index in [0.29, 0.717) is 10.5 Å². The van der Waals surface area contributed by atoms with E-state index >= 15 is 0 Å². The number of hydrogen-bond acceptors (Lipinski definition) is 5. The number of imide groups is 1. The number of rotatable bonds is 5. The molecular weight excluding hydrogens is 388 g/mol. The highest BCUT2D eigenvalue weighted by Crippen LogP contribution is 2.34. The predicted octanol–water partition coefficient (Wildman–Crippen LogP) is 4.88. The number of carbonyl (C=O) groups excluding carboxylic acids is 2. The van der Waals surface area contributed by atoms with E-state index in [4.69, 9.17) is 12.2 Å². The van der Waals surface area contributed by atoms with Gasteiger partial charge in [-0.1, -0.05) is 53.8 Å². The van der Waals surface area contributed by atoms with Crippen LogP contribution in [0.5, 0.6) is 0 Å². The van der Waals surface area contributed by atoms with Crippen molar-refractivity contribution in [3.8, 4) is 0 Å². The second-order valence-corrected chi connectivity index (χ2v) is 8.13. The van der Waals surface area contributed by atoms with Crippen molar-refractivity contribution in [3.05, 3.63) is 70.1 Å². The van der Waals surface area contributed by atoms with Gasteiger partial charge in [-0.3, -0.25) is 9.59 Å². The smallest absolute Gasteiger partial charge is 0.273 e. The third kappa shape index (κ3) is 4.18. The Labute approximate surface area is 175 Å². The molecule has 0 N–H and O–H groups in total. The largest absolute Gasteiger partial charge is 0.372 e. The maximum Gasteiger partial charge on any atom is 0.273 e. The molecule has 0 unspecified atom stereocenters. The number of amides is 2. The Morgan fingerprint density at radius 2 is 1.68 bits per heavy atom. The molecule has 0 bridgehead atoms. The molecule has 144 valence electrons. The van der Waals surface area contributed by atoms with Crippen molar-refractivity contribution < 1.29 is 9.59 Å². The van der Waals surface area contributed by atoms with E-state index in [1.165, 1.54) is 0 Å². The van der Waals surface area contributed by atoms with Gasteiger partial charge in [-0.2, -0.15) is 0 Å². The van der Waals surface area contributed by atoms with Crippen LogP contribution in [0.1, 0.15) is 35.3 Å². The molecule has 0 saturated carbocycles. The molecule has 1 aliphatic heterocycles. The van der Waals surface area contributed by atoms with Crippen LogP contribution in [-0.2, 0) is 4.79 Å². The minimum absolute atomic E-state index is 0.265. The average Bonchev–Trinajstić information content (AvgIpc) is 2.97. The molecule has 1 aliphatic rings. The number of hydrogen-bond donors (Lipinski definition) is 0. The first kappa shape index (κ1) is 20.3. The second-order valence-electron chi connectivity index (χ2n) is 6.45. The van der Waals surface area contributed by atoms with Crippen molar-refractivity contribution in [2.24, 2.45) is 0 Å². The zero-order valence-corrected chi connectivity index (χ0v) is 17.8. The van der Waals surface area contributed by atoms with Gasteiger partial charge in [0, 0.05) is 24.3 Å². The lowest BCUT2D eigenvalue weighted by Crippen LogP contribution is -2.34.